The van der Waals surface area contributed by atoms with Gasteiger partial charge in [0.2, 0.25) is 5.91 Å². The fraction of sp³-hybridized carbons (Fsp3) is 0.538. The standard InChI is InChI=1S/C13H15NO6S/c1-6(2)13(16)14-5-10(15)19-11-7-3-8-9(4-7)21(17,18)20-12(8)11/h7-9H,1,3-5H2,2H3,(H,14,16). The second-order valence-electron chi connectivity index (χ2n) is 5.55. The molecule has 0 aromatic heterocycles. The molecule has 0 radical (unpaired) electrons. The topological polar surface area (TPSA) is 98.8 Å². The van der Waals surface area contributed by atoms with Crippen LogP contribution in [0, 0.1) is 11.8 Å². The molecule has 0 aromatic carbocycles. The van der Waals surface area contributed by atoms with Crippen LogP contribution in [-0.4, -0.2) is 32.1 Å². The van der Waals surface area contributed by atoms with Gasteiger partial charge in [-0.2, -0.15) is 8.42 Å². The minimum atomic E-state index is -3.57. The average Bonchev–Trinajstić information content (AvgIpc) is 2.99. The number of rotatable bonds is 4. The van der Waals surface area contributed by atoms with Gasteiger partial charge >= 0.3 is 16.1 Å². The third-order valence-corrected chi connectivity index (χ3v) is 5.71. The zero-order valence-electron chi connectivity index (χ0n) is 11.4. The van der Waals surface area contributed by atoms with Crippen molar-refractivity contribution in [1.29, 1.82) is 0 Å². The summed E-state index contributed by atoms with van der Waals surface area (Å²) in [6.07, 6.45) is 1.07. The highest BCUT2D eigenvalue weighted by Gasteiger charge is 2.60. The maximum atomic E-state index is 11.7. The summed E-state index contributed by atoms with van der Waals surface area (Å²) in [5.41, 5.74) is 0.290. The predicted octanol–water partition coefficient (Wildman–Crippen LogP) is 0.202. The molecule has 2 bridgehead atoms. The Morgan fingerprint density at radius 2 is 2.14 bits per heavy atom. The first-order chi connectivity index (χ1) is 9.79. The van der Waals surface area contributed by atoms with E-state index in [1.54, 1.807) is 0 Å². The van der Waals surface area contributed by atoms with Crippen LogP contribution in [0.4, 0.5) is 0 Å². The van der Waals surface area contributed by atoms with Crippen LogP contribution in [0.1, 0.15) is 19.8 Å². The molecule has 1 saturated carbocycles. The van der Waals surface area contributed by atoms with Crippen LogP contribution in [0.15, 0.2) is 23.7 Å². The Balaban J connectivity index is 1.67. The van der Waals surface area contributed by atoms with E-state index in [2.05, 4.69) is 11.9 Å². The molecule has 7 nitrogen and oxygen atoms in total. The van der Waals surface area contributed by atoms with E-state index < -0.39 is 27.2 Å². The van der Waals surface area contributed by atoms with Gasteiger partial charge in [0.25, 0.3) is 0 Å². The molecule has 0 aromatic rings. The molecule has 1 amide bonds. The van der Waals surface area contributed by atoms with Gasteiger partial charge in [-0.3, -0.25) is 4.79 Å². The predicted molar refractivity (Wildman–Crippen MR) is 70.9 cm³/mol. The Kier molecular flexibility index (Phi) is 3.09. The smallest absolute Gasteiger partial charge is 0.330 e. The Hall–Kier alpha value is -1.83. The summed E-state index contributed by atoms with van der Waals surface area (Å²) in [7, 11) is -3.57. The van der Waals surface area contributed by atoms with Crippen LogP contribution < -0.4 is 5.32 Å². The highest BCUT2D eigenvalue weighted by Crippen LogP contribution is 2.56. The van der Waals surface area contributed by atoms with E-state index in [1.807, 2.05) is 0 Å². The van der Waals surface area contributed by atoms with Crippen LogP contribution in [-0.2, 0) is 28.6 Å². The van der Waals surface area contributed by atoms with E-state index in [0.717, 1.165) is 0 Å². The maximum absolute atomic E-state index is 11.7. The van der Waals surface area contributed by atoms with E-state index in [9.17, 15) is 18.0 Å². The molecular weight excluding hydrogens is 298 g/mol. The van der Waals surface area contributed by atoms with Crippen LogP contribution in [0.2, 0.25) is 0 Å². The second kappa shape index (κ2) is 4.59. The van der Waals surface area contributed by atoms with Gasteiger partial charge in [-0.1, -0.05) is 6.58 Å². The van der Waals surface area contributed by atoms with Gasteiger partial charge in [-0.15, -0.1) is 0 Å². The van der Waals surface area contributed by atoms with Gasteiger partial charge in [-0.05, 0) is 19.8 Å². The van der Waals surface area contributed by atoms with Gasteiger partial charge < -0.3 is 14.2 Å². The van der Waals surface area contributed by atoms with Crippen molar-refractivity contribution in [3.8, 4) is 0 Å². The molecule has 1 aliphatic heterocycles. The van der Waals surface area contributed by atoms with E-state index >= 15 is 0 Å². The lowest BCUT2D eigenvalue weighted by Gasteiger charge is -2.14. The first kappa shape index (κ1) is 14.1. The molecule has 1 saturated heterocycles. The summed E-state index contributed by atoms with van der Waals surface area (Å²) in [5, 5.41) is 1.87. The van der Waals surface area contributed by atoms with Gasteiger partial charge in [0.15, 0.2) is 11.5 Å². The first-order valence-electron chi connectivity index (χ1n) is 6.61. The highest BCUT2D eigenvalue weighted by atomic mass is 32.2. The van der Waals surface area contributed by atoms with Crippen molar-refractivity contribution in [2.75, 3.05) is 6.54 Å². The summed E-state index contributed by atoms with van der Waals surface area (Å²) in [4.78, 5) is 23.0. The summed E-state index contributed by atoms with van der Waals surface area (Å²) < 4.78 is 33.7. The quantitative estimate of drug-likeness (QED) is 0.452. The van der Waals surface area contributed by atoms with Crippen LogP contribution in [0.25, 0.3) is 0 Å². The first-order valence-corrected chi connectivity index (χ1v) is 8.08. The molecule has 3 rings (SSSR count). The SMILES string of the molecule is C=C(C)C(=O)NCC(=O)OC1=C2OS(=O)(=O)C3CC1CC23. The third-order valence-electron chi connectivity index (χ3n) is 4.04. The van der Waals surface area contributed by atoms with Crippen molar-refractivity contribution in [2.24, 2.45) is 11.8 Å². The lowest BCUT2D eigenvalue weighted by atomic mass is 10.0. The Morgan fingerprint density at radius 3 is 2.81 bits per heavy atom. The minimum absolute atomic E-state index is 0.0898. The Bertz CT molecular complexity index is 677. The molecule has 21 heavy (non-hydrogen) atoms. The van der Waals surface area contributed by atoms with Crippen molar-refractivity contribution in [1.82, 2.24) is 5.32 Å². The maximum Gasteiger partial charge on any atom is 0.330 e. The highest BCUT2D eigenvalue weighted by molar-refractivity contribution is 7.87. The molecule has 8 heteroatoms. The molecule has 1 heterocycles. The minimum Gasteiger partial charge on any atom is -0.426 e. The largest absolute Gasteiger partial charge is 0.426 e. The number of hydrogen-bond acceptors (Lipinski definition) is 6. The number of amides is 1. The van der Waals surface area contributed by atoms with E-state index in [-0.39, 0.29) is 29.7 Å². The second-order valence-corrected chi connectivity index (χ2v) is 7.31. The van der Waals surface area contributed by atoms with Crippen LogP contribution in [0.3, 0.4) is 0 Å². The van der Waals surface area contributed by atoms with Crippen molar-refractivity contribution in [3.05, 3.63) is 23.7 Å². The molecule has 3 unspecified atom stereocenters. The van der Waals surface area contributed by atoms with E-state index in [4.69, 9.17) is 8.92 Å². The summed E-state index contributed by atoms with van der Waals surface area (Å²) in [6, 6.07) is 0. The molecule has 2 fully saturated rings. The molecule has 0 spiro atoms. The zero-order chi connectivity index (χ0) is 15.4. The number of carbonyl (C=O) groups excluding carboxylic acids is 2. The lowest BCUT2D eigenvalue weighted by Crippen LogP contribution is -2.31. The van der Waals surface area contributed by atoms with Crippen LogP contribution >= 0.6 is 0 Å². The molecule has 114 valence electrons. The van der Waals surface area contributed by atoms with Gasteiger partial charge in [0.05, 0.1) is 0 Å². The molecule has 3 atom stereocenters. The number of carbonyl (C=O) groups is 2. The van der Waals surface area contributed by atoms with Gasteiger partial charge in [0.1, 0.15) is 11.8 Å². The van der Waals surface area contributed by atoms with E-state index in [1.165, 1.54) is 6.92 Å². The fourth-order valence-corrected chi connectivity index (χ4v) is 4.76. The number of ether oxygens (including phenoxy) is 1. The molecule has 2 aliphatic carbocycles. The number of allylic oxidation sites excluding steroid dienone is 2. The van der Waals surface area contributed by atoms with Crippen molar-refractivity contribution < 1.29 is 26.9 Å². The number of nitrogens with one attached hydrogen (secondary N) is 1. The van der Waals surface area contributed by atoms with Crippen molar-refractivity contribution in [2.45, 2.75) is 25.0 Å². The van der Waals surface area contributed by atoms with E-state index in [0.29, 0.717) is 18.6 Å². The number of esters is 1. The fourth-order valence-electron chi connectivity index (χ4n) is 3.08. The zero-order valence-corrected chi connectivity index (χ0v) is 12.2. The Morgan fingerprint density at radius 1 is 1.43 bits per heavy atom. The third kappa shape index (κ3) is 2.23. The Labute approximate surface area is 122 Å². The molecule has 1 N–H and O–H groups in total. The van der Waals surface area contributed by atoms with Crippen molar-refractivity contribution >= 4 is 22.0 Å². The average molecular weight is 313 g/mol. The van der Waals surface area contributed by atoms with Gasteiger partial charge in [0, 0.05) is 17.4 Å². The normalized spacial score (nSPS) is 31.0. The monoisotopic (exact) mass is 313 g/mol. The molecular formula is C13H15NO6S. The van der Waals surface area contributed by atoms with Gasteiger partial charge in [-0.25, -0.2) is 4.79 Å². The number of fused-ring (bicyclic) bond motifs is 1. The summed E-state index contributed by atoms with van der Waals surface area (Å²) >= 11 is 0. The van der Waals surface area contributed by atoms with Crippen molar-refractivity contribution in [3.63, 3.8) is 0 Å². The summed E-state index contributed by atoms with van der Waals surface area (Å²) in [5.74, 6) is -0.773. The van der Waals surface area contributed by atoms with Crippen LogP contribution in [0.5, 0.6) is 0 Å². The molecule has 3 aliphatic rings. The summed E-state index contributed by atoms with van der Waals surface area (Å²) in [6.45, 7) is 4.68. The lowest BCUT2D eigenvalue weighted by molar-refractivity contribution is -0.140. The number of hydrogen-bond donors (Lipinski definition) is 1.